The summed E-state index contributed by atoms with van der Waals surface area (Å²) >= 11 is 0. The summed E-state index contributed by atoms with van der Waals surface area (Å²) in [5.74, 6) is 0.601. The van der Waals surface area contributed by atoms with Crippen molar-refractivity contribution in [2.24, 2.45) is 0 Å². The lowest BCUT2D eigenvalue weighted by Crippen LogP contribution is -2.38. The molecule has 2 rings (SSSR count). The first-order valence-corrected chi connectivity index (χ1v) is 6.92. The van der Waals surface area contributed by atoms with Gasteiger partial charge in [-0.25, -0.2) is 4.98 Å². The highest BCUT2D eigenvalue weighted by atomic mass is 16.7. The molecule has 0 bridgehead atoms. The van der Waals surface area contributed by atoms with Crippen molar-refractivity contribution in [3.63, 3.8) is 0 Å². The van der Waals surface area contributed by atoms with Crippen molar-refractivity contribution in [1.29, 1.82) is 0 Å². The Bertz CT molecular complexity index is 620. The van der Waals surface area contributed by atoms with Gasteiger partial charge in [-0.2, -0.15) is 0 Å². The Hall–Kier alpha value is -2.18. The maximum atomic E-state index is 12.5. The summed E-state index contributed by atoms with van der Waals surface area (Å²) < 4.78 is 15.9. The van der Waals surface area contributed by atoms with Gasteiger partial charge in [0.05, 0.1) is 0 Å². The van der Waals surface area contributed by atoms with Gasteiger partial charge in [0.15, 0.2) is 17.9 Å². The molecule has 0 radical (unpaired) electrons. The first-order chi connectivity index (χ1) is 10.6. The number of hydrogen-bond acceptors (Lipinski definition) is 5. The molecule has 1 N–H and O–H groups in total. The molecule has 1 aromatic carbocycles. The van der Waals surface area contributed by atoms with Crippen molar-refractivity contribution in [1.82, 2.24) is 10.3 Å². The number of hydrogen-bond donors (Lipinski definition) is 1. The third-order valence-electron chi connectivity index (χ3n) is 3.30. The van der Waals surface area contributed by atoms with E-state index >= 15 is 0 Å². The molecule has 0 spiro atoms. The Morgan fingerprint density at radius 1 is 1.18 bits per heavy atom. The normalized spacial score (nSPS) is 12.4. The van der Waals surface area contributed by atoms with Crippen LogP contribution in [0, 0.1) is 13.8 Å². The molecule has 0 aliphatic rings. The maximum Gasteiger partial charge on any atom is 0.274 e. The van der Waals surface area contributed by atoms with Crippen LogP contribution in [0.15, 0.2) is 34.7 Å². The molecule has 1 aromatic heterocycles. The fourth-order valence-corrected chi connectivity index (χ4v) is 2.29. The van der Waals surface area contributed by atoms with Gasteiger partial charge in [-0.15, -0.1) is 0 Å². The molecule has 0 saturated heterocycles. The van der Waals surface area contributed by atoms with Gasteiger partial charge in [-0.1, -0.05) is 30.3 Å². The third kappa shape index (κ3) is 3.52. The van der Waals surface area contributed by atoms with Crippen LogP contribution in [0.25, 0.3) is 0 Å². The molecule has 118 valence electrons. The number of rotatable bonds is 6. The monoisotopic (exact) mass is 304 g/mol. The first-order valence-electron chi connectivity index (χ1n) is 6.92. The molecule has 0 aliphatic heterocycles. The lowest BCUT2D eigenvalue weighted by molar-refractivity contribution is -0.122. The number of methoxy groups -OCH3 is 2. The van der Waals surface area contributed by atoms with E-state index in [1.54, 1.807) is 13.8 Å². The summed E-state index contributed by atoms with van der Waals surface area (Å²) in [7, 11) is 3.06. The number of carbonyl (C=O) groups is 1. The summed E-state index contributed by atoms with van der Waals surface area (Å²) in [5.41, 5.74) is 1.15. The Morgan fingerprint density at radius 2 is 1.82 bits per heavy atom. The lowest BCUT2D eigenvalue weighted by Gasteiger charge is -2.25. The number of nitrogens with zero attached hydrogens (tertiary/aromatic N) is 1. The van der Waals surface area contributed by atoms with Crippen LogP contribution < -0.4 is 5.32 Å². The minimum absolute atomic E-state index is 0.268. The summed E-state index contributed by atoms with van der Waals surface area (Å²) in [5, 5.41) is 2.89. The van der Waals surface area contributed by atoms with Crippen molar-refractivity contribution in [2.45, 2.75) is 26.2 Å². The van der Waals surface area contributed by atoms with Crippen LogP contribution in [0.4, 0.5) is 0 Å². The summed E-state index contributed by atoms with van der Waals surface area (Å²) in [6.07, 6.45) is -0.611. The zero-order chi connectivity index (χ0) is 16.1. The number of oxazole rings is 1. The highest BCUT2D eigenvalue weighted by molar-refractivity contribution is 5.93. The molecule has 0 aliphatic carbocycles. The van der Waals surface area contributed by atoms with E-state index in [1.165, 1.54) is 14.2 Å². The predicted molar refractivity (Wildman–Crippen MR) is 80.4 cm³/mol. The average Bonchev–Trinajstić information content (AvgIpc) is 2.87. The van der Waals surface area contributed by atoms with Crippen molar-refractivity contribution in [2.75, 3.05) is 14.2 Å². The van der Waals surface area contributed by atoms with Gasteiger partial charge >= 0.3 is 0 Å². The quantitative estimate of drug-likeness (QED) is 0.829. The molecule has 0 fully saturated rings. The van der Waals surface area contributed by atoms with Gasteiger partial charge in [0.2, 0.25) is 0 Å². The average molecular weight is 304 g/mol. The molecule has 0 saturated carbocycles. The minimum Gasteiger partial charge on any atom is -0.445 e. The molecular formula is C16H20N2O4. The van der Waals surface area contributed by atoms with Crippen molar-refractivity contribution >= 4 is 5.91 Å². The van der Waals surface area contributed by atoms with E-state index in [1.807, 2.05) is 30.3 Å². The number of aromatic nitrogens is 1. The second-order valence-electron chi connectivity index (χ2n) is 4.84. The van der Waals surface area contributed by atoms with E-state index in [9.17, 15) is 4.79 Å². The third-order valence-corrected chi connectivity index (χ3v) is 3.30. The van der Waals surface area contributed by atoms with Crippen LogP contribution in [0.3, 0.4) is 0 Å². The lowest BCUT2D eigenvalue weighted by atomic mass is 10.1. The summed E-state index contributed by atoms with van der Waals surface area (Å²) in [6.45, 7) is 3.40. The zero-order valence-electron chi connectivity index (χ0n) is 13.1. The smallest absolute Gasteiger partial charge is 0.274 e. The van der Waals surface area contributed by atoms with Crippen LogP contribution in [0.1, 0.15) is 33.7 Å². The van der Waals surface area contributed by atoms with Crippen molar-refractivity contribution < 1.29 is 18.7 Å². The number of amides is 1. The summed E-state index contributed by atoms with van der Waals surface area (Å²) in [6, 6.07) is 9.03. The standard InChI is InChI=1S/C16H20N2O4/c1-10-13(17-11(2)22-10)15(19)18-14(16(20-3)21-4)12-8-6-5-7-9-12/h5-9,14,16H,1-4H3,(H,18,19)/t14-/m0/s1. The van der Waals surface area contributed by atoms with Gasteiger partial charge in [-0.3, -0.25) is 4.79 Å². The van der Waals surface area contributed by atoms with Gasteiger partial charge in [0.1, 0.15) is 11.8 Å². The Morgan fingerprint density at radius 3 is 2.32 bits per heavy atom. The van der Waals surface area contributed by atoms with E-state index in [4.69, 9.17) is 13.9 Å². The number of carbonyl (C=O) groups excluding carboxylic acids is 1. The number of benzene rings is 1. The van der Waals surface area contributed by atoms with Crippen LogP contribution in [-0.2, 0) is 9.47 Å². The predicted octanol–water partition coefficient (Wildman–Crippen LogP) is 2.38. The molecule has 6 heteroatoms. The summed E-state index contributed by atoms with van der Waals surface area (Å²) in [4.78, 5) is 16.6. The highest BCUT2D eigenvalue weighted by Crippen LogP contribution is 2.21. The molecule has 1 atom stereocenters. The van der Waals surface area contributed by atoms with E-state index in [0.717, 1.165) is 5.56 Å². The molecule has 6 nitrogen and oxygen atoms in total. The van der Waals surface area contributed by atoms with Crippen molar-refractivity contribution in [3.8, 4) is 0 Å². The topological polar surface area (TPSA) is 73.6 Å². The molecule has 1 heterocycles. The van der Waals surface area contributed by atoms with Gasteiger partial charge in [0.25, 0.3) is 5.91 Å². The minimum atomic E-state index is -0.611. The van der Waals surface area contributed by atoms with Crippen LogP contribution >= 0.6 is 0 Å². The van der Waals surface area contributed by atoms with Crippen LogP contribution in [0.5, 0.6) is 0 Å². The Labute approximate surface area is 129 Å². The van der Waals surface area contributed by atoms with E-state index in [-0.39, 0.29) is 11.6 Å². The van der Waals surface area contributed by atoms with Gasteiger partial charge in [0, 0.05) is 21.1 Å². The Kier molecular flexibility index (Phi) is 5.30. The first kappa shape index (κ1) is 16.2. The number of nitrogens with one attached hydrogen (secondary N) is 1. The van der Waals surface area contributed by atoms with Crippen LogP contribution in [0.2, 0.25) is 0 Å². The fourth-order valence-electron chi connectivity index (χ4n) is 2.29. The van der Waals surface area contributed by atoms with E-state index < -0.39 is 12.3 Å². The molecule has 1 amide bonds. The number of aryl methyl sites for hydroxylation is 2. The second kappa shape index (κ2) is 7.20. The maximum absolute atomic E-state index is 12.5. The van der Waals surface area contributed by atoms with E-state index in [0.29, 0.717) is 11.7 Å². The fraction of sp³-hybridized carbons (Fsp3) is 0.375. The molecule has 2 aromatic rings. The molecule has 22 heavy (non-hydrogen) atoms. The van der Waals surface area contributed by atoms with Crippen LogP contribution in [-0.4, -0.2) is 31.4 Å². The van der Waals surface area contributed by atoms with Gasteiger partial charge < -0.3 is 19.2 Å². The van der Waals surface area contributed by atoms with Gasteiger partial charge in [-0.05, 0) is 12.5 Å². The molecule has 0 unspecified atom stereocenters. The number of ether oxygens (including phenoxy) is 2. The molecular weight excluding hydrogens is 284 g/mol. The van der Waals surface area contributed by atoms with E-state index in [2.05, 4.69) is 10.3 Å². The highest BCUT2D eigenvalue weighted by Gasteiger charge is 2.27. The largest absolute Gasteiger partial charge is 0.445 e. The SMILES string of the molecule is COC(OC)[C@@H](NC(=O)c1nc(C)oc1C)c1ccccc1. The van der Waals surface area contributed by atoms with Crippen molar-refractivity contribution in [3.05, 3.63) is 53.2 Å². The second-order valence-corrected chi connectivity index (χ2v) is 4.84. The zero-order valence-corrected chi connectivity index (χ0v) is 13.1. The Balaban J connectivity index is 2.26.